The Hall–Kier alpha value is -1.55. The van der Waals surface area contributed by atoms with Gasteiger partial charge in [0, 0.05) is 30.5 Å². The van der Waals surface area contributed by atoms with Gasteiger partial charge >= 0.3 is 5.97 Å². The normalized spacial score (nSPS) is 26.8. The predicted molar refractivity (Wildman–Crippen MR) is 88.5 cm³/mol. The molecule has 124 valence electrons. The summed E-state index contributed by atoms with van der Waals surface area (Å²) in [6.07, 6.45) is 3.77. The van der Waals surface area contributed by atoms with Gasteiger partial charge in [-0.2, -0.15) is 0 Å². The fraction of sp³-hybridized carbons (Fsp3) is 0.556. The number of carboxylic acid groups (broad SMARTS) is 1. The lowest BCUT2D eigenvalue weighted by Crippen LogP contribution is -2.41. The van der Waals surface area contributed by atoms with E-state index in [1.54, 1.807) is 0 Å². The molecular weight excluding hydrogens is 314 g/mol. The monoisotopic (exact) mass is 335 g/mol. The van der Waals surface area contributed by atoms with Crippen molar-refractivity contribution in [2.45, 2.75) is 38.0 Å². The molecule has 0 spiro atoms. The van der Waals surface area contributed by atoms with Crippen LogP contribution >= 0.6 is 11.6 Å². The van der Waals surface area contributed by atoms with Crippen molar-refractivity contribution in [3.05, 3.63) is 34.9 Å². The SMILES string of the molecule is O=C(O)CCC1CCCN(C(=O)C2CC2c2cccc(Cl)c2)C1. The van der Waals surface area contributed by atoms with Gasteiger partial charge in [-0.05, 0) is 55.2 Å². The fourth-order valence-electron chi connectivity index (χ4n) is 3.64. The zero-order valence-corrected chi connectivity index (χ0v) is 13.8. The van der Waals surface area contributed by atoms with Gasteiger partial charge in [0.05, 0.1) is 0 Å². The number of aliphatic carboxylic acids is 1. The summed E-state index contributed by atoms with van der Waals surface area (Å²) < 4.78 is 0. The summed E-state index contributed by atoms with van der Waals surface area (Å²) in [5.74, 6) is 0.172. The topological polar surface area (TPSA) is 57.6 Å². The third kappa shape index (κ3) is 4.05. The van der Waals surface area contributed by atoms with Crippen molar-refractivity contribution >= 4 is 23.5 Å². The second-order valence-electron chi connectivity index (χ2n) is 6.73. The van der Waals surface area contributed by atoms with Gasteiger partial charge in [-0.1, -0.05) is 23.7 Å². The number of carboxylic acids is 1. The van der Waals surface area contributed by atoms with Gasteiger partial charge < -0.3 is 10.0 Å². The number of carbonyl (C=O) groups excluding carboxylic acids is 1. The number of hydrogen-bond acceptors (Lipinski definition) is 2. The van der Waals surface area contributed by atoms with Crippen molar-refractivity contribution in [1.29, 1.82) is 0 Å². The number of amides is 1. The molecule has 1 aromatic rings. The number of carbonyl (C=O) groups is 2. The van der Waals surface area contributed by atoms with Crippen LogP contribution in [0.25, 0.3) is 0 Å². The lowest BCUT2D eigenvalue weighted by atomic mass is 9.93. The number of piperidine rings is 1. The minimum Gasteiger partial charge on any atom is -0.481 e. The largest absolute Gasteiger partial charge is 0.481 e. The molecule has 1 aliphatic carbocycles. The molecule has 3 rings (SSSR count). The van der Waals surface area contributed by atoms with Crippen molar-refractivity contribution in [3.63, 3.8) is 0 Å². The number of nitrogens with zero attached hydrogens (tertiary/aromatic N) is 1. The fourth-order valence-corrected chi connectivity index (χ4v) is 3.84. The smallest absolute Gasteiger partial charge is 0.303 e. The average Bonchev–Trinajstić information content (AvgIpc) is 3.33. The molecular formula is C18H22ClNO3. The Morgan fingerprint density at radius 1 is 1.35 bits per heavy atom. The second-order valence-corrected chi connectivity index (χ2v) is 7.17. The summed E-state index contributed by atoms with van der Waals surface area (Å²) in [5, 5.41) is 9.52. The van der Waals surface area contributed by atoms with E-state index in [9.17, 15) is 9.59 Å². The van der Waals surface area contributed by atoms with Crippen molar-refractivity contribution < 1.29 is 14.7 Å². The van der Waals surface area contributed by atoms with E-state index in [-0.39, 0.29) is 18.2 Å². The first kappa shape index (κ1) is 16.3. The predicted octanol–water partition coefficient (Wildman–Crippen LogP) is 3.55. The van der Waals surface area contributed by atoms with Crippen LogP contribution in [0.3, 0.4) is 0 Å². The highest BCUT2D eigenvalue weighted by Crippen LogP contribution is 2.49. The Morgan fingerprint density at radius 3 is 2.91 bits per heavy atom. The van der Waals surface area contributed by atoms with Crippen molar-refractivity contribution in [2.24, 2.45) is 11.8 Å². The van der Waals surface area contributed by atoms with Gasteiger partial charge in [0.1, 0.15) is 0 Å². The van der Waals surface area contributed by atoms with Crippen LogP contribution in [0.1, 0.15) is 43.6 Å². The Morgan fingerprint density at radius 2 is 2.17 bits per heavy atom. The van der Waals surface area contributed by atoms with Crippen molar-refractivity contribution in [3.8, 4) is 0 Å². The van der Waals surface area contributed by atoms with E-state index < -0.39 is 5.97 Å². The van der Waals surface area contributed by atoms with Crippen LogP contribution in [-0.4, -0.2) is 35.0 Å². The molecule has 1 N–H and O–H groups in total. The zero-order valence-electron chi connectivity index (χ0n) is 13.1. The van der Waals surface area contributed by atoms with Crippen LogP contribution < -0.4 is 0 Å². The molecule has 1 saturated heterocycles. The number of likely N-dealkylation sites (tertiary alicyclic amines) is 1. The summed E-state index contributed by atoms with van der Waals surface area (Å²) in [7, 11) is 0. The summed E-state index contributed by atoms with van der Waals surface area (Å²) in [5.41, 5.74) is 1.15. The van der Waals surface area contributed by atoms with E-state index >= 15 is 0 Å². The van der Waals surface area contributed by atoms with Gasteiger partial charge in [-0.3, -0.25) is 9.59 Å². The molecule has 23 heavy (non-hydrogen) atoms. The molecule has 1 heterocycles. The standard InChI is InChI=1S/C18H22ClNO3/c19-14-5-1-4-13(9-14)15-10-16(15)18(23)20-8-2-3-12(11-20)6-7-17(21)22/h1,4-5,9,12,15-16H,2-3,6-8,10-11H2,(H,21,22). The van der Waals surface area contributed by atoms with E-state index in [1.165, 1.54) is 0 Å². The maximum absolute atomic E-state index is 12.7. The molecule has 4 nitrogen and oxygen atoms in total. The molecule has 0 bridgehead atoms. The molecule has 5 heteroatoms. The highest BCUT2D eigenvalue weighted by molar-refractivity contribution is 6.30. The molecule has 2 fully saturated rings. The first-order valence-corrected chi connectivity index (χ1v) is 8.68. The molecule has 0 aromatic heterocycles. The van der Waals surface area contributed by atoms with E-state index in [4.69, 9.17) is 16.7 Å². The zero-order chi connectivity index (χ0) is 16.4. The van der Waals surface area contributed by atoms with Crippen molar-refractivity contribution in [2.75, 3.05) is 13.1 Å². The number of rotatable bonds is 5. The quantitative estimate of drug-likeness (QED) is 0.895. The van der Waals surface area contributed by atoms with E-state index in [0.29, 0.717) is 29.8 Å². The highest BCUT2D eigenvalue weighted by Gasteiger charge is 2.46. The molecule has 1 aromatic carbocycles. The van der Waals surface area contributed by atoms with Gasteiger partial charge in [-0.25, -0.2) is 0 Å². The van der Waals surface area contributed by atoms with Gasteiger partial charge in [0.25, 0.3) is 0 Å². The summed E-state index contributed by atoms with van der Waals surface area (Å²) in [6.45, 7) is 1.52. The van der Waals surface area contributed by atoms with Crippen molar-refractivity contribution in [1.82, 2.24) is 4.90 Å². The van der Waals surface area contributed by atoms with Crippen LogP contribution in [0, 0.1) is 11.8 Å². The number of benzene rings is 1. The second kappa shape index (κ2) is 6.91. The van der Waals surface area contributed by atoms with Crippen LogP contribution in [-0.2, 0) is 9.59 Å². The molecule has 3 unspecified atom stereocenters. The van der Waals surface area contributed by atoms with E-state index in [0.717, 1.165) is 31.4 Å². The summed E-state index contributed by atoms with van der Waals surface area (Å²) in [6, 6.07) is 7.77. The third-order valence-corrected chi connectivity index (χ3v) is 5.22. The maximum atomic E-state index is 12.7. The molecule has 0 radical (unpaired) electrons. The minimum absolute atomic E-state index is 0.0756. The van der Waals surface area contributed by atoms with Crippen LogP contribution in [0.4, 0.5) is 0 Å². The Labute approximate surface area is 141 Å². The van der Waals surface area contributed by atoms with Crippen LogP contribution in [0.15, 0.2) is 24.3 Å². The lowest BCUT2D eigenvalue weighted by molar-refractivity contribution is -0.137. The first-order chi connectivity index (χ1) is 11.0. The maximum Gasteiger partial charge on any atom is 0.303 e. The van der Waals surface area contributed by atoms with Gasteiger partial charge in [-0.15, -0.1) is 0 Å². The first-order valence-electron chi connectivity index (χ1n) is 8.30. The van der Waals surface area contributed by atoms with Crippen LogP contribution in [0.5, 0.6) is 0 Å². The average molecular weight is 336 g/mol. The van der Waals surface area contributed by atoms with E-state index in [1.807, 2.05) is 29.2 Å². The molecule has 1 saturated carbocycles. The molecule has 1 amide bonds. The van der Waals surface area contributed by atoms with E-state index in [2.05, 4.69) is 0 Å². The molecule has 1 aliphatic heterocycles. The number of hydrogen-bond donors (Lipinski definition) is 1. The molecule has 2 aliphatic rings. The van der Waals surface area contributed by atoms with Gasteiger partial charge in [0.2, 0.25) is 5.91 Å². The van der Waals surface area contributed by atoms with Gasteiger partial charge in [0.15, 0.2) is 0 Å². The summed E-state index contributed by atoms with van der Waals surface area (Å²) >= 11 is 6.03. The summed E-state index contributed by atoms with van der Waals surface area (Å²) in [4.78, 5) is 25.4. The highest BCUT2D eigenvalue weighted by atomic mass is 35.5. The Balaban J connectivity index is 1.55. The Kier molecular flexibility index (Phi) is 4.90. The number of halogens is 1. The Bertz CT molecular complexity index is 604. The molecule has 3 atom stereocenters. The van der Waals surface area contributed by atoms with Crippen LogP contribution in [0.2, 0.25) is 5.02 Å². The minimum atomic E-state index is -0.753. The third-order valence-electron chi connectivity index (χ3n) is 4.98. The lowest BCUT2D eigenvalue weighted by Gasteiger charge is -2.33.